The van der Waals surface area contributed by atoms with Gasteiger partial charge >= 0.3 is 6.03 Å². The van der Waals surface area contributed by atoms with E-state index in [0.717, 1.165) is 0 Å². The van der Waals surface area contributed by atoms with Gasteiger partial charge in [-0.15, -0.1) is 0 Å². The van der Waals surface area contributed by atoms with Gasteiger partial charge in [-0.2, -0.15) is 0 Å². The van der Waals surface area contributed by atoms with Crippen LogP contribution in [0, 0.1) is 0 Å². The molecule has 8 heteroatoms. The first-order chi connectivity index (χ1) is 7.55. The van der Waals surface area contributed by atoms with Crippen molar-refractivity contribution in [2.75, 3.05) is 45.6 Å². The van der Waals surface area contributed by atoms with Gasteiger partial charge < -0.3 is 15.0 Å². The number of carbonyl (C=O) groups excluding carboxylic acids is 1. The van der Waals surface area contributed by atoms with Gasteiger partial charge in [-0.3, -0.25) is 0 Å². The minimum atomic E-state index is -3.25. The Hall–Kier alpha value is -0.860. The Morgan fingerprint density at radius 1 is 1.38 bits per heavy atom. The van der Waals surface area contributed by atoms with E-state index in [1.807, 2.05) is 0 Å². The molecule has 0 spiro atoms. The monoisotopic (exact) mass is 251 g/mol. The summed E-state index contributed by atoms with van der Waals surface area (Å²) in [5.41, 5.74) is 0. The second-order valence-electron chi connectivity index (χ2n) is 3.35. The summed E-state index contributed by atoms with van der Waals surface area (Å²) in [4.78, 5) is 13.1. The molecule has 7 nitrogen and oxygen atoms in total. The number of hydrogen-bond donors (Lipinski definition) is 2. The van der Waals surface area contributed by atoms with Gasteiger partial charge in [-0.05, 0) is 7.05 Å². The number of rotatable bonds is 4. The molecular formula is C8H17N3O4S. The number of amides is 2. The lowest BCUT2D eigenvalue weighted by molar-refractivity contribution is 0.0533. The van der Waals surface area contributed by atoms with Gasteiger partial charge in [0.2, 0.25) is 10.0 Å². The number of nitrogens with zero attached hydrogens (tertiary/aromatic N) is 1. The van der Waals surface area contributed by atoms with Crippen LogP contribution in [0.2, 0.25) is 0 Å². The zero-order valence-electron chi connectivity index (χ0n) is 9.23. The standard InChI is InChI=1S/C8H17N3O4S/c1-9-16(13,14)7-2-10-8(12)11-3-5-15-6-4-11/h9H,2-7H2,1H3,(H,10,12). The maximum Gasteiger partial charge on any atom is 0.317 e. The molecule has 0 unspecified atom stereocenters. The van der Waals surface area contributed by atoms with Crippen LogP contribution in [0.15, 0.2) is 0 Å². The SMILES string of the molecule is CNS(=O)(=O)CCNC(=O)N1CCOCC1. The highest BCUT2D eigenvalue weighted by Crippen LogP contribution is 1.96. The number of morpholine rings is 1. The van der Waals surface area contributed by atoms with Crippen LogP contribution in [0.4, 0.5) is 4.79 Å². The van der Waals surface area contributed by atoms with Crippen LogP contribution in [0.3, 0.4) is 0 Å². The highest BCUT2D eigenvalue weighted by atomic mass is 32.2. The Balaban J connectivity index is 2.24. The highest BCUT2D eigenvalue weighted by Gasteiger charge is 2.16. The van der Waals surface area contributed by atoms with Crippen LogP contribution >= 0.6 is 0 Å². The molecule has 2 amide bonds. The third-order valence-corrected chi connectivity index (χ3v) is 3.62. The molecule has 16 heavy (non-hydrogen) atoms. The Kier molecular flexibility index (Phi) is 4.97. The number of urea groups is 1. The van der Waals surface area contributed by atoms with Gasteiger partial charge in [0.15, 0.2) is 0 Å². The number of hydrogen-bond acceptors (Lipinski definition) is 4. The lowest BCUT2D eigenvalue weighted by Crippen LogP contribution is -2.47. The molecule has 2 N–H and O–H groups in total. The zero-order valence-corrected chi connectivity index (χ0v) is 10.0. The van der Waals surface area contributed by atoms with Gasteiger partial charge in [0.05, 0.1) is 19.0 Å². The highest BCUT2D eigenvalue weighted by molar-refractivity contribution is 7.89. The molecule has 0 atom stereocenters. The average Bonchev–Trinajstić information content (AvgIpc) is 2.30. The van der Waals surface area contributed by atoms with E-state index in [1.54, 1.807) is 4.90 Å². The summed E-state index contributed by atoms with van der Waals surface area (Å²) >= 11 is 0. The first-order valence-electron chi connectivity index (χ1n) is 5.07. The van der Waals surface area contributed by atoms with Crippen molar-refractivity contribution in [2.24, 2.45) is 0 Å². The largest absolute Gasteiger partial charge is 0.378 e. The Morgan fingerprint density at radius 3 is 2.56 bits per heavy atom. The molecule has 1 rings (SSSR count). The second kappa shape index (κ2) is 6.02. The summed E-state index contributed by atoms with van der Waals surface area (Å²) in [6, 6.07) is -0.241. The molecule has 94 valence electrons. The van der Waals surface area contributed by atoms with Crippen molar-refractivity contribution in [3.63, 3.8) is 0 Å². The third-order valence-electron chi connectivity index (χ3n) is 2.26. The van der Waals surface area contributed by atoms with E-state index in [4.69, 9.17) is 4.74 Å². The Morgan fingerprint density at radius 2 is 2.00 bits per heavy atom. The molecule has 1 saturated heterocycles. The minimum Gasteiger partial charge on any atom is -0.378 e. The number of sulfonamides is 1. The molecule has 0 aromatic heterocycles. The lowest BCUT2D eigenvalue weighted by Gasteiger charge is -2.26. The average molecular weight is 251 g/mol. The molecule has 0 aromatic carbocycles. The fourth-order valence-corrected chi connectivity index (χ4v) is 1.85. The van der Waals surface area contributed by atoms with Crippen LogP contribution in [-0.4, -0.2) is 65.0 Å². The van der Waals surface area contributed by atoms with Gasteiger partial charge in [-0.25, -0.2) is 17.9 Å². The van der Waals surface area contributed by atoms with Crippen molar-refractivity contribution in [2.45, 2.75) is 0 Å². The molecule has 0 aromatic rings. The normalized spacial score (nSPS) is 17.2. The lowest BCUT2D eigenvalue weighted by atomic mass is 10.4. The molecule has 0 saturated carbocycles. The van der Waals surface area contributed by atoms with Crippen molar-refractivity contribution in [3.05, 3.63) is 0 Å². The summed E-state index contributed by atoms with van der Waals surface area (Å²) in [6.45, 7) is 2.26. The quantitative estimate of drug-likeness (QED) is 0.642. The fraction of sp³-hybridized carbons (Fsp3) is 0.875. The van der Waals surface area contributed by atoms with E-state index in [1.165, 1.54) is 7.05 Å². The second-order valence-corrected chi connectivity index (χ2v) is 5.40. The first kappa shape index (κ1) is 13.2. The van der Waals surface area contributed by atoms with Crippen LogP contribution in [0.1, 0.15) is 0 Å². The smallest absolute Gasteiger partial charge is 0.317 e. The van der Waals surface area contributed by atoms with E-state index in [-0.39, 0.29) is 18.3 Å². The van der Waals surface area contributed by atoms with Gasteiger partial charge in [-0.1, -0.05) is 0 Å². The molecule has 0 bridgehead atoms. The third kappa shape index (κ3) is 4.33. The molecular weight excluding hydrogens is 234 g/mol. The molecule has 1 aliphatic rings. The summed E-state index contributed by atoms with van der Waals surface area (Å²) in [5.74, 6) is -0.112. The van der Waals surface area contributed by atoms with Crippen LogP contribution in [-0.2, 0) is 14.8 Å². The summed E-state index contributed by atoms with van der Waals surface area (Å²) in [6.07, 6.45) is 0. The van der Waals surface area contributed by atoms with E-state index >= 15 is 0 Å². The maximum atomic E-state index is 11.5. The van der Waals surface area contributed by atoms with Crippen LogP contribution in [0.5, 0.6) is 0 Å². The molecule has 1 aliphatic heterocycles. The van der Waals surface area contributed by atoms with Gasteiger partial charge in [0, 0.05) is 19.6 Å². The van der Waals surface area contributed by atoms with Gasteiger partial charge in [0.1, 0.15) is 0 Å². The Labute approximate surface area is 95.2 Å². The van der Waals surface area contributed by atoms with Crippen molar-refractivity contribution in [1.29, 1.82) is 0 Å². The molecule has 0 aliphatic carbocycles. The van der Waals surface area contributed by atoms with Crippen molar-refractivity contribution in [3.8, 4) is 0 Å². The zero-order chi connectivity index (χ0) is 12.0. The van der Waals surface area contributed by atoms with Crippen molar-refractivity contribution >= 4 is 16.1 Å². The number of ether oxygens (including phenoxy) is 1. The van der Waals surface area contributed by atoms with Crippen molar-refractivity contribution in [1.82, 2.24) is 14.9 Å². The predicted octanol–water partition coefficient (Wildman–Crippen LogP) is -1.42. The maximum absolute atomic E-state index is 11.5. The number of carbonyl (C=O) groups is 1. The summed E-state index contributed by atoms with van der Waals surface area (Å²) < 4.78 is 29.4. The first-order valence-corrected chi connectivity index (χ1v) is 6.72. The topological polar surface area (TPSA) is 87.7 Å². The van der Waals surface area contributed by atoms with E-state index in [0.29, 0.717) is 26.3 Å². The van der Waals surface area contributed by atoms with Crippen LogP contribution in [0.25, 0.3) is 0 Å². The van der Waals surface area contributed by atoms with Crippen LogP contribution < -0.4 is 10.0 Å². The van der Waals surface area contributed by atoms with E-state index in [2.05, 4.69) is 10.0 Å². The summed E-state index contributed by atoms with van der Waals surface area (Å²) in [5, 5.41) is 2.56. The fourth-order valence-electron chi connectivity index (χ4n) is 1.27. The van der Waals surface area contributed by atoms with Crippen molar-refractivity contribution < 1.29 is 17.9 Å². The molecule has 0 radical (unpaired) electrons. The van der Waals surface area contributed by atoms with E-state index in [9.17, 15) is 13.2 Å². The van der Waals surface area contributed by atoms with E-state index < -0.39 is 10.0 Å². The predicted molar refractivity (Wildman–Crippen MR) is 58.6 cm³/mol. The number of nitrogens with one attached hydrogen (secondary N) is 2. The minimum absolute atomic E-state index is 0.110. The molecule has 1 heterocycles. The Bertz CT molecular complexity index is 324. The van der Waals surface area contributed by atoms with Gasteiger partial charge in [0.25, 0.3) is 0 Å². The summed E-state index contributed by atoms with van der Waals surface area (Å²) in [7, 11) is -1.91. The molecule has 1 fully saturated rings.